The van der Waals surface area contributed by atoms with E-state index in [4.69, 9.17) is 0 Å². The summed E-state index contributed by atoms with van der Waals surface area (Å²) in [5, 5.41) is 7.94. The van der Waals surface area contributed by atoms with Crippen molar-refractivity contribution in [1.82, 2.24) is 10.6 Å². The fourth-order valence-corrected chi connectivity index (χ4v) is 3.45. The highest BCUT2D eigenvalue weighted by Gasteiger charge is 2.24. The first-order valence-corrected chi connectivity index (χ1v) is 6.07. The summed E-state index contributed by atoms with van der Waals surface area (Å²) in [6.07, 6.45) is 4.29. The Bertz CT molecular complexity index is 112. The Morgan fingerprint density at radius 3 is 2.83 bits per heavy atom. The Labute approximate surface area is 78.9 Å². The first-order valence-electron chi connectivity index (χ1n) is 5.02. The van der Waals surface area contributed by atoms with E-state index >= 15 is 0 Å². The number of rotatable bonds is 1. The van der Waals surface area contributed by atoms with Crippen LogP contribution < -0.4 is 10.6 Å². The normalized spacial score (nSPS) is 38.0. The van der Waals surface area contributed by atoms with Crippen LogP contribution in [0, 0.1) is 0 Å². The third-order valence-electron chi connectivity index (χ3n) is 2.74. The molecule has 2 rings (SSSR count). The van der Waals surface area contributed by atoms with Gasteiger partial charge in [0.2, 0.25) is 0 Å². The average Bonchev–Trinajstić information content (AvgIpc) is 2.21. The monoisotopic (exact) mass is 186 g/mol. The van der Waals surface area contributed by atoms with Crippen LogP contribution in [-0.4, -0.2) is 36.7 Å². The minimum absolute atomic E-state index is 0.740. The molecule has 2 aliphatic heterocycles. The van der Waals surface area contributed by atoms with Gasteiger partial charge in [-0.2, -0.15) is 11.8 Å². The smallest absolute Gasteiger partial charge is 0.0311 e. The van der Waals surface area contributed by atoms with Crippen molar-refractivity contribution in [1.29, 1.82) is 0 Å². The highest BCUT2D eigenvalue weighted by Crippen LogP contribution is 2.27. The Kier molecular flexibility index (Phi) is 3.31. The first-order chi connectivity index (χ1) is 5.97. The molecule has 2 N–H and O–H groups in total. The molecule has 2 fully saturated rings. The summed E-state index contributed by atoms with van der Waals surface area (Å²) in [5.41, 5.74) is 0. The van der Waals surface area contributed by atoms with E-state index in [0.29, 0.717) is 0 Å². The second-order valence-electron chi connectivity index (χ2n) is 3.67. The van der Waals surface area contributed by atoms with Crippen molar-refractivity contribution >= 4 is 11.8 Å². The summed E-state index contributed by atoms with van der Waals surface area (Å²) in [7, 11) is 0. The van der Waals surface area contributed by atoms with E-state index < -0.39 is 0 Å². The molecule has 0 aromatic heterocycles. The summed E-state index contributed by atoms with van der Waals surface area (Å²) in [5.74, 6) is 1.38. The average molecular weight is 186 g/mol. The van der Waals surface area contributed by atoms with Crippen molar-refractivity contribution in [3.63, 3.8) is 0 Å². The van der Waals surface area contributed by atoms with Crippen molar-refractivity contribution in [2.24, 2.45) is 0 Å². The van der Waals surface area contributed by atoms with Crippen LogP contribution in [0.15, 0.2) is 0 Å². The van der Waals surface area contributed by atoms with Gasteiger partial charge in [0.05, 0.1) is 0 Å². The largest absolute Gasteiger partial charge is 0.314 e. The molecule has 0 amide bonds. The maximum atomic E-state index is 3.61. The first kappa shape index (κ1) is 8.85. The number of nitrogens with one attached hydrogen (secondary N) is 2. The molecule has 2 saturated heterocycles. The molecule has 2 atom stereocenters. The van der Waals surface area contributed by atoms with Gasteiger partial charge in [0.15, 0.2) is 0 Å². The van der Waals surface area contributed by atoms with Crippen LogP contribution in [0.25, 0.3) is 0 Å². The second kappa shape index (κ2) is 4.49. The van der Waals surface area contributed by atoms with Crippen molar-refractivity contribution in [3.8, 4) is 0 Å². The van der Waals surface area contributed by atoms with Crippen LogP contribution in [-0.2, 0) is 0 Å². The molecule has 3 heteroatoms. The topological polar surface area (TPSA) is 24.1 Å². The third-order valence-corrected chi connectivity index (χ3v) is 4.25. The lowest BCUT2D eigenvalue weighted by atomic mass is 10.1. The molecule has 0 radical (unpaired) electrons. The van der Waals surface area contributed by atoms with E-state index in [-0.39, 0.29) is 0 Å². The highest BCUT2D eigenvalue weighted by molar-refractivity contribution is 8.00. The minimum Gasteiger partial charge on any atom is -0.314 e. The minimum atomic E-state index is 0.740. The van der Waals surface area contributed by atoms with Gasteiger partial charge in [-0.1, -0.05) is 6.42 Å². The summed E-state index contributed by atoms with van der Waals surface area (Å²) >= 11 is 2.17. The number of thioether (sulfide) groups is 1. The van der Waals surface area contributed by atoms with Gasteiger partial charge in [0, 0.05) is 30.9 Å². The summed E-state index contributed by atoms with van der Waals surface area (Å²) in [4.78, 5) is 0. The molecule has 12 heavy (non-hydrogen) atoms. The molecule has 0 aromatic carbocycles. The van der Waals surface area contributed by atoms with Crippen LogP contribution in [0.3, 0.4) is 0 Å². The highest BCUT2D eigenvalue weighted by atomic mass is 32.2. The summed E-state index contributed by atoms with van der Waals surface area (Å²) < 4.78 is 0. The Morgan fingerprint density at radius 1 is 1.17 bits per heavy atom. The Hall–Kier alpha value is 0.270. The maximum Gasteiger partial charge on any atom is 0.0311 e. The van der Waals surface area contributed by atoms with E-state index in [9.17, 15) is 0 Å². The number of hydrogen-bond acceptors (Lipinski definition) is 3. The lowest BCUT2D eigenvalue weighted by molar-refractivity contribution is 0.393. The summed E-state index contributed by atoms with van der Waals surface area (Å²) in [6.45, 7) is 3.48. The van der Waals surface area contributed by atoms with E-state index in [1.807, 2.05) is 0 Å². The molecule has 70 valence electrons. The quantitative estimate of drug-likeness (QED) is 0.634. The third kappa shape index (κ3) is 2.15. The molecule has 2 aliphatic rings. The predicted molar refractivity (Wildman–Crippen MR) is 54.8 cm³/mol. The maximum absolute atomic E-state index is 3.61. The van der Waals surface area contributed by atoms with Gasteiger partial charge in [0.25, 0.3) is 0 Å². The Morgan fingerprint density at radius 2 is 2.17 bits per heavy atom. The number of hydrogen-bond donors (Lipinski definition) is 2. The molecular weight excluding hydrogens is 168 g/mol. The van der Waals surface area contributed by atoms with Crippen molar-refractivity contribution in [2.45, 2.75) is 30.6 Å². The van der Waals surface area contributed by atoms with Gasteiger partial charge in [-0.3, -0.25) is 0 Å². The molecule has 2 heterocycles. The second-order valence-corrected chi connectivity index (χ2v) is 5.02. The van der Waals surface area contributed by atoms with Gasteiger partial charge >= 0.3 is 0 Å². The van der Waals surface area contributed by atoms with Gasteiger partial charge in [0.1, 0.15) is 0 Å². The lowest BCUT2D eigenvalue weighted by Crippen LogP contribution is -2.53. The molecule has 0 saturated carbocycles. The van der Waals surface area contributed by atoms with Gasteiger partial charge in [-0.25, -0.2) is 0 Å². The zero-order valence-corrected chi connectivity index (χ0v) is 8.33. The van der Waals surface area contributed by atoms with Crippen molar-refractivity contribution < 1.29 is 0 Å². The zero-order chi connectivity index (χ0) is 8.23. The van der Waals surface area contributed by atoms with E-state index in [0.717, 1.165) is 24.4 Å². The van der Waals surface area contributed by atoms with Crippen LogP contribution >= 0.6 is 11.8 Å². The Balaban J connectivity index is 1.80. The van der Waals surface area contributed by atoms with Gasteiger partial charge < -0.3 is 10.6 Å². The molecule has 0 aliphatic carbocycles. The molecule has 0 spiro atoms. The van der Waals surface area contributed by atoms with Crippen LogP contribution in [0.4, 0.5) is 0 Å². The SMILES string of the molecule is C1CCC(C2CNCCN2)SC1. The van der Waals surface area contributed by atoms with Crippen molar-refractivity contribution in [2.75, 3.05) is 25.4 Å². The number of piperazine rings is 1. The van der Waals surface area contributed by atoms with Crippen LogP contribution in [0.5, 0.6) is 0 Å². The van der Waals surface area contributed by atoms with Crippen LogP contribution in [0.2, 0.25) is 0 Å². The standard InChI is InChI=1S/C9H18N2S/c1-2-6-12-9(3-1)8-7-10-4-5-11-8/h8-11H,1-7H2. The molecule has 2 nitrogen and oxygen atoms in total. The molecule has 0 aromatic rings. The zero-order valence-electron chi connectivity index (χ0n) is 7.51. The molecular formula is C9H18N2S. The predicted octanol–water partition coefficient (Wildman–Crippen LogP) is 0.834. The van der Waals surface area contributed by atoms with E-state index in [1.165, 1.54) is 31.6 Å². The molecule has 2 unspecified atom stereocenters. The van der Waals surface area contributed by atoms with Gasteiger partial charge in [-0.15, -0.1) is 0 Å². The van der Waals surface area contributed by atoms with E-state index in [2.05, 4.69) is 22.4 Å². The molecule has 0 bridgehead atoms. The fourth-order valence-electron chi connectivity index (χ4n) is 2.02. The summed E-state index contributed by atoms with van der Waals surface area (Å²) in [6, 6.07) is 0.740. The fraction of sp³-hybridized carbons (Fsp3) is 1.00. The van der Waals surface area contributed by atoms with E-state index in [1.54, 1.807) is 0 Å². The van der Waals surface area contributed by atoms with Crippen molar-refractivity contribution in [3.05, 3.63) is 0 Å². The lowest BCUT2D eigenvalue weighted by Gasteiger charge is -2.33. The van der Waals surface area contributed by atoms with Gasteiger partial charge in [-0.05, 0) is 18.6 Å². The van der Waals surface area contributed by atoms with Crippen LogP contribution in [0.1, 0.15) is 19.3 Å².